The van der Waals surface area contributed by atoms with Crippen molar-refractivity contribution >= 4 is 22.4 Å². The van der Waals surface area contributed by atoms with Gasteiger partial charge in [0.15, 0.2) is 5.78 Å². The molecular weight excluding hydrogens is 212 g/mol. The van der Waals surface area contributed by atoms with Gasteiger partial charge < -0.3 is 4.90 Å². The Bertz CT molecular complexity index is 560. The van der Waals surface area contributed by atoms with Crippen LogP contribution in [-0.4, -0.2) is 23.9 Å². The molecule has 1 saturated heterocycles. The monoisotopic (exact) mass is 226 g/mol. The molecule has 0 aliphatic carbocycles. The van der Waals surface area contributed by atoms with Gasteiger partial charge in [0, 0.05) is 30.2 Å². The molecular formula is C14H14N2O. The highest BCUT2D eigenvalue weighted by Crippen LogP contribution is 2.26. The Labute approximate surface area is 100 Å². The van der Waals surface area contributed by atoms with Crippen molar-refractivity contribution in [3.05, 3.63) is 36.5 Å². The van der Waals surface area contributed by atoms with Crippen LogP contribution in [0.4, 0.5) is 5.69 Å². The molecule has 0 bridgehead atoms. The van der Waals surface area contributed by atoms with Crippen LogP contribution in [0, 0.1) is 0 Å². The molecule has 3 rings (SSSR count). The van der Waals surface area contributed by atoms with Gasteiger partial charge in [0.2, 0.25) is 0 Å². The summed E-state index contributed by atoms with van der Waals surface area (Å²) < 4.78 is 0. The largest absolute Gasteiger partial charge is 0.364 e. The molecule has 0 saturated carbocycles. The smallest absolute Gasteiger partial charge is 0.152 e. The van der Waals surface area contributed by atoms with Crippen molar-refractivity contribution in [2.75, 3.05) is 18.0 Å². The van der Waals surface area contributed by atoms with Gasteiger partial charge in [0.1, 0.15) is 0 Å². The van der Waals surface area contributed by atoms with Crippen molar-refractivity contribution in [2.45, 2.75) is 12.8 Å². The van der Waals surface area contributed by atoms with Crippen molar-refractivity contribution in [1.82, 2.24) is 4.98 Å². The standard InChI is InChI=1S/C14H14N2O/c17-11-4-3-9-16(10-11)14-7-8-15-13-6-2-1-5-12(13)14/h1-2,5-8H,3-4,9-10H2. The molecule has 1 fully saturated rings. The molecule has 2 heterocycles. The summed E-state index contributed by atoms with van der Waals surface area (Å²) in [6.07, 6.45) is 3.49. The van der Waals surface area contributed by atoms with E-state index in [1.807, 2.05) is 30.5 Å². The normalized spacial score (nSPS) is 16.5. The Kier molecular flexibility index (Phi) is 2.52. The van der Waals surface area contributed by atoms with Gasteiger partial charge in [-0.15, -0.1) is 0 Å². The third kappa shape index (κ3) is 1.88. The summed E-state index contributed by atoms with van der Waals surface area (Å²) in [6.45, 7) is 1.49. The number of aromatic nitrogens is 1. The van der Waals surface area contributed by atoms with Gasteiger partial charge in [-0.1, -0.05) is 18.2 Å². The van der Waals surface area contributed by atoms with E-state index in [0.717, 1.165) is 36.0 Å². The maximum absolute atomic E-state index is 11.5. The molecule has 0 N–H and O–H groups in total. The van der Waals surface area contributed by atoms with Crippen LogP contribution in [-0.2, 0) is 4.79 Å². The van der Waals surface area contributed by atoms with Gasteiger partial charge in [-0.05, 0) is 18.6 Å². The molecule has 1 aliphatic heterocycles. The topological polar surface area (TPSA) is 33.2 Å². The Morgan fingerprint density at radius 3 is 2.94 bits per heavy atom. The van der Waals surface area contributed by atoms with E-state index in [4.69, 9.17) is 0 Å². The molecule has 3 nitrogen and oxygen atoms in total. The van der Waals surface area contributed by atoms with Gasteiger partial charge in [-0.25, -0.2) is 0 Å². The number of benzene rings is 1. The van der Waals surface area contributed by atoms with Crippen molar-refractivity contribution in [3.63, 3.8) is 0 Å². The number of anilines is 1. The van der Waals surface area contributed by atoms with E-state index in [2.05, 4.69) is 16.0 Å². The first-order chi connectivity index (χ1) is 8.34. The third-order valence-electron chi connectivity index (χ3n) is 3.22. The zero-order valence-corrected chi connectivity index (χ0v) is 9.60. The lowest BCUT2D eigenvalue weighted by molar-refractivity contribution is -0.118. The Morgan fingerprint density at radius 2 is 2.06 bits per heavy atom. The maximum atomic E-state index is 11.5. The molecule has 1 aromatic carbocycles. The SMILES string of the molecule is O=C1CCCN(c2ccnc3ccccc23)C1. The van der Waals surface area contributed by atoms with E-state index in [0.29, 0.717) is 12.3 Å². The summed E-state index contributed by atoms with van der Waals surface area (Å²) >= 11 is 0. The number of carbonyl (C=O) groups excluding carboxylic acids is 1. The summed E-state index contributed by atoms with van der Waals surface area (Å²) in [6, 6.07) is 10.1. The van der Waals surface area contributed by atoms with Gasteiger partial charge in [-0.2, -0.15) is 0 Å². The second-order valence-corrected chi connectivity index (χ2v) is 4.41. The van der Waals surface area contributed by atoms with Gasteiger partial charge in [0.25, 0.3) is 0 Å². The van der Waals surface area contributed by atoms with E-state index in [1.165, 1.54) is 0 Å². The quantitative estimate of drug-likeness (QED) is 0.748. The molecule has 2 aromatic rings. The van der Waals surface area contributed by atoms with E-state index >= 15 is 0 Å². The predicted molar refractivity (Wildman–Crippen MR) is 68.2 cm³/mol. The number of para-hydroxylation sites is 1. The molecule has 1 aliphatic rings. The summed E-state index contributed by atoms with van der Waals surface area (Å²) in [5, 5.41) is 1.13. The minimum atomic E-state index is 0.331. The first-order valence-electron chi connectivity index (χ1n) is 5.95. The van der Waals surface area contributed by atoms with E-state index in [9.17, 15) is 4.79 Å². The number of carbonyl (C=O) groups is 1. The lowest BCUT2D eigenvalue weighted by Gasteiger charge is -2.28. The van der Waals surface area contributed by atoms with Crippen LogP contribution in [0.1, 0.15) is 12.8 Å². The van der Waals surface area contributed by atoms with Gasteiger partial charge >= 0.3 is 0 Å². The van der Waals surface area contributed by atoms with Crippen LogP contribution in [0.25, 0.3) is 10.9 Å². The van der Waals surface area contributed by atoms with Crippen LogP contribution in [0.5, 0.6) is 0 Å². The number of nitrogens with zero attached hydrogens (tertiary/aromatic N) is 2. The van der Waals surface area contributed by atoms with E-state index < -0.39 is 0 Å². The Hall–Kier alpha value is -1.90. The summed E-state index contributed by atoms with van der Waals surface area (Å²) in [4.78, 5) is 18.0. The van der Waals surface area contributed by atoms with Crippen molar-refractivity contribution in [2.24, 2.45) is 0 Å². The Morgan fingerprint density at radius 1 is 1.18 bits per heavy atom. The number of ketones is 1. The summed E-state index contributed by atoms with van der Waals surface area (Å²) in [5.41, 5.74) is 2.12. The zero-order chi connectivity index (χ0) is 11.7. The maximum Gasteiger partial charge on any atom is 0.152 e. The van der Waals surface area contributed by atoms with E-state index in [-0.39, 0.29) is 0 Å². The third-order valence-corrected chi connectivity index (χ3v) is 3.22. The predicted octanol–water partition coefficient (Wildman–Crippen LogP) is 2.40. The lowest BCUT2D eigenvalue weighted by Crippen LogP contribution is -2.35. The summed E-state index contributed by atoms with van der Waals surface area (Å²) in [5.74, 6) is 0.331. The van der Waals surface area contributed by atoms with Crippen molar-refractivity contribution in [1.29, 1.82) is 0 Å². The van der Waals surface area contributed by atoms with Crippen LogP contribution in [0.3, 0.4) is 0 Å². The van der Waals surface area contributed by atoms with E-state index in [1.54, 1.807) is 0 Å². The number of Topliss-reactive ketones (excluding diaryl/α,β-unsaturated/α-hetero) is 1. The summed E-state index contributed by atoms with van der Waals surface area (Å²) in [7, 11) is 0. The lowest BCUT2D eigenvalue weighted by atomic mass is 10.1. The molecule has 0 atom stereocenters. The highest BCUT2D eigenvalue weighted by molar-refractivity contribution is 5.94. The van der Waals surface area contributed by atoms with Crippen LogP contribution in [0.15, 0.2) is 36.5 Å². The highest BCUT2D eigenvalue weighted by Gasteiger charge is 2.18. The number of hydrogen-bond donors (Lipinski definition) is 0. The first kappa shape index (κ1) is 10.3. The van der Waals surface area contributed by atoms with Crippen LogP contribution in [0.2, 0.25) is 0 Å². The number of fused-ring (bicyclic) bond motifs is 1. The minimum Gasteiger partial charge on any atom is -0.364 e. The van der Waals surface area contributed by atoms with Crippen molar-refractivity contribution in [3.8, 4) is 0 Å². The van der Waals surface area contributed by atoms with Crippen LogP contribution < -0.4 is 4.90 Å². The second kappa shape index (κ2) is 4.17. The molecule has 17 heavy (non-hydrogen) atoms. The fraction of sp³-hybridized carbons (Fsp3) is 0.286. The average Bonchev–Trinajstić information content (AvgIpc) is 2.38. The fourth-order valence-corrected chi connectivity index (χ4v) is 2.40. The Balaban J connectivity index is 2.07. The number of pyridine rings is 1. The average molecular weight is 226 g/mol. The number of rotatable bonds is 1. The first-order valence-corrected chi connectivity index (χ1v) is 5.95. The van der Waals surface area contributed by atoms with Crippen molar-refractivity contribution < 1.29 is 4.79 Å². The molecule has 0 spiro atoms. The molecule has 3 heteroatoms. The van der Waals surface area contributed by atoms with Crippen LogP contribution >= 0.6 is 0 Å². The fourth-order valence-electron chi connectivity index (χ4n) is 2.40. The number of hydrogen-bond acceptors (Lipinski definition) is 3. The molecule has 1 aromatic heterocycles. The molecule has 0 amide bonds. The number of piperidine rings is 1. The van der Waals surface area contributed by atoms with Gasteiger partial charge in [-0.3, -0.25) is 9.78 Å². The zero-order valence-electron chi connectivity index (χ0n) is 9.60. The molecule has 0 unspecified atom stereocenters. The second-order valence-electron chi connectivity index (χ2n) is 4.41. The molecule has 0 radical (unpaired) electrons. The minimum absolute atomic E-state index is 0.331. The van der Waals surface area contributed by atoms with Gasteiger partial charge in [0.05, 0.1) is 12.1 Å². The molecule has 86 valence electrons. The highest BCUT2D eigenvalue weighted by atomic mass is 16.1.